The SMILES string of the molecule is COc1cc(C(CC(=O)N2CCN(Cc3ccccc3)CC2)N2Cc3ccccc3C2=O)cc(OC)c1OC. The number of ether oxygens (including phenoxy) is 3. The van der Waals surface area contributed by atoms with Gasteiger partial charge in [-0.2, -0.15) is 0 Å². The molecule has 3 aromatic rings. The van der Waals surface area contributed by atoms with Gasteiger partial charge in [0.15, 0.2) is 11.5 Å². The Labute approximate surface area is 229 Å². The van der Waals surface area contributed by atoms with Crippen LogP contribution in [-0.2, 0) is 17.9 Å². The predicted molar refractivity (Wildman–Crippen MR) is 148 cm³/mol. The summed E-state index contributed by atoms with van der Waals surface area (Å²) in [5, 5.41) is 0. The molecule has 0 saturated carbocycles. The maximum atomic E-state index is 13.7. The minimum atomic E-state index is -0.492. The van der Waals surface area contributed by atoms with Gasteiger partial charge in [-0.3, -0.25) is 14.5 Å². The lowest BCUT2D eigenvalue weighted by Crippen LogP contribution is -2.49. The first-order valence-electron chi connectivity index (χ1n) is 13.2. The molecule has 1 fully saturated rings. The molecule has 1 saturated heterocycles. The fraction of sp³-hybridized carbons (Fsp3) is 0.355. The van der Waals surface area contributed by atoms with Crippen LogP contribution >= 0.6 is 0 Å². The number of hydrogen-bond acceptors (Lipinski definition) is 6. The van der Waals surface area contributed by atoms with Crippen LogP contribution in [0, 0.1) is 0 Å². The Bertz CT molecular complexity index is 1300. The minimum Gasteiger partial charge on any atom is -0.493 e. The Morgan fingerprint density at radius 2 is 1.49 bits per heavy atom. The van der Waals surface area contributed by atoms with Crippen molar-refractivity contribution in [3.8, 4) is 17.2 Å². The van der Waals surface area contributed by atoms with E-state index in [0.29, 0.717) is 42.4 Å². The fourth-order valence-electron chi connectivity index (χ4n) is 5.52. The summed E-state index contributed by atoms with van der Waals surface area (Å²) in [6.45, 7) is 4.24. The first-order chi connectivity index (χ1) is 19.0. The third-order valence-electron chi connectivity index (χ3n) is 7.64. The maximum absolute atomic E-state index is 13.7. The van der Waals surface area contributed by atoms with E-state index in [1.54, 1.807) is 26.2 Å². The van der Waals surface area contributed by atoms with Crippen molar-refractivity contribution in [2.75, 3.05) is 47.5 Å². The summed E-state index contributed by atoms with van der Waals surface area (Å²) in [6.07, 6.45) is 0.164. The number of rotatable bonds is 9. The smallest absolute Gasteiger partial charge is 0.255 e. The summed E-state index contributed by atoms with van der Waals surface area (Å²) in [5.41, 5.74) is 3.67. The molecule has 0 aromatic heterocycles. The number of methoxy groups -OCH3 is 3. The van der Waals surface area contributed by atoms with Crippen LogP contribution in [0.2, 0.25) is 0 Å². The van der Waals surface area contributed by atoms with Gasteiger partial charge in [0.2, 0.25) is 11.7 Å². The highest BCUT2D eigenvalue weighted by atomic mass is 16.5. The highest BCUT2D eigenvalue weighted by Gasteiger charge is 2.36. The van der Waals surface area contributed by atoms with Gasteiger partial charge in [-0.1, -0.05) is 48.5 Å². The predicted octanol–water partition coefficient (Wildman–Crippen LogP) is 4.14. The third kappa shape index (κ3) is 5.56. The largest absolute Gasteiger partial charge is 0.493 e. The molecule has 39 heavy (non-hydrogen) atoms. The Hall–Kier alpha value is -4.04. The van der Waals surface area contributed by atoms with Crippen molar-refractivity contribution >= 4 is 11.8 Å². The van der Waals surface area contributed by atoms with Gasteiger partial charge in [0.05, 0.1) is 33.8 Å². The van der Waals surface area contributed by atoms with E-state index in [4.69, 9.17) is 14.2 Å². The summed E-state index contributed by atoms with van der Waals surface area (Å²) < 4.78 is 16.7. The van der Waals surface area contributed by atoms with E-state index in [0.717, 1.165) is 30.8 Å². The molecule has 2 aliphatic rings. The molecule has 5 rings (SSSR count). The maximum Gasteiger partial charge on any atom is 0.255 e. The minimum absolute atomic E-state index is 0.0249. The normalized spacial score (nSPS) is 16.1. The molecule has 0 radical (unpaired) electrons. The Morgan fingerprint density at radius 1 is 0.846 bits per heavy atom. The van der Waals surface area contributed by atoms with Gasteiger partial charge in [0.25, 0.3) is 5.91 Å². The molecule has 0 N–H and O–H groups in total. The average molecular weight is 530 g/mol. The zero-order chi connectivity index (χ0) is 27.4. The molecule has 0 aliphatic carbocycles. The van der Waals surface area contributed by atoms with Crippen LogP contribution in [0.25, 0.3) is 0 Å². The molecule has 8 heteroatoms. The van der Waals surface area contributed by atoms with Crippen molar-refractivity contribution in [1.29, 1.82) is 0 Å². The van der Waals surface area contributed by atoms with E-state index in [2.05, 4.69) is 29.2 Å². The van der Waals surface area contributed by atoms with Crippen LogP contribution in [0.4, 0.5) is 0 Å². The van der Waals surface area contributed by atoms with Crippen LogP contribution in [0.15, 0.2) is 66.7 Å². The zero-order valence-corrected chi connectivity index (χ0v) is 22.8. The van der Waals surface area contributed by atoms with Crippen molar-refractivity contribution < 1.29 is 23.8 Å². The molecular formula is C31H35N3O5. The lowest BCUT2D eigenvalue weighted by Gasteiger charge is -2.36. The van der Waals surface area contributed by atoms with Crippen LogP contribution in [0.1, 0.15) is 39.5 Å². The van der Waals surface area contributed by atoms with Gasteiger partial charge in [-0.25, -0.2) is 0 Å². The number of fused-ring (bicyclic) bond motifs is 1. The van der Waals surface area contributed by atoms with Crippen molar-refractivity contribution in [1.82, 2.24) is 14.7 Å². The number of carbonyl (C=O) groups is 2. The molecule has 1 atom stereocenters. The monoisotopic (exact) mass is 529 g/mol. The number of amides is 2. The average Bonchev–Trinajstić information content (AvgIpc) is 3.31. The summed E-state index contributed by atoms with van der Waals surface area (Å²) in [7, 11) is 4.68. The van der Waals surface area contributed by atoms with Crippen molar-refractivity contribution in [2.45, 2.75) is 25.6 Å². The second-order valence-electron chi connectivity index (χ2n) is 9.91. The van der Waals surface area contributed by atoms with Gasteiger partial charge in [-0.05, 0) is 34.9 Å². The van der Waals surface area contributed by atoms with Gasteiger partial charge in [0.1, 0.15) is 0 Å². The molecule has 3 aromatic carbocycles. The second kappa shape index (κ2) is 11.8. The van der Waals surface area contributed by atoms with Crippen molar-refractivity contribution in [3.63, 3.8) is 0 Å². The van der Waals surface area contributed by atoms with E-state index in [-0.39, 0.29) is 18.2 Å². The molecule has 2 amide bonds. The van der Waals surface area contributed by atoms with Crippen molar-refractivity contribution in [2.24, 2.45) is 0 Å². The summed E-state index contributed by atoms with van der Waals surface area (Å²) >= 11 is 0. The lowest BCUT2D eigenvalue weighted by atomic mass is 9.99. The topological polar surface area (TPSA) is 71.6 Å². The Kier molecular flexibility index (Phi) is 8.02. The van der Waals surface area contributed by atoms with Crippen LogP contribution in [0.3, 0.4) is 0 Å². The highest BCUT2D eigenvalue weighted by Crippen LogP contribution is 2.43. The number of carbonyl (C=O) groups excluding carboxylic acids is 2. The van der Waals surface area contributed by atoms with Gasteiger partial charge < -0.3 is 24.0 Å². The van der Waals surface area contributed by atoms with Crippen LogP contribution < -0.4 is 14.2 Å². The molecule has 2 aliphatic heterocycles. The number of benzene rings is 3. The first kappa shape index (κ1) is 26.6. The first-order valence-corrected chi connectivity index (χ1v) is 13.2. The summed E-state index contributed by atoms with van der Waals surface area (Å²) in [6, 6.07) is 21.2. The summed E-state index contributed by atoms with van der Waals surface area (Å²) in [4.78, 5) is 33.3. The molecule has 2 heterocycles. The molecule has 0 spiro atoms. The van der Waals surface area contributed by atoms with Crippen LogP contribution in [-0.4, -0.2) is 74.0 Å². The van der Waals surface area contributed by atoms with E-state index in [9.17, 15) is 9.59 Å². The number of piperazine rings is 1. The summed E-state index contributed by atoms with van der Waals surface area (Å²) in [5.74, 6) is 1.40. The molecule has 204 valence electrons. The van der Waals surface area contributed by atoms with E-state index < -0.39 is 6.04 Å². The second-order valence-corrected chi connectivity index (χ2v) is 9.91. The Balaban J connectivity index is 1.37. The standard InChI is InChI=1S/C31H35N3O5/c1-37-27-17-24(18-28(38-2)30(27)39-3)26(34-21-23-11-7-8-12-25(23)31(34)36)19-29(35)33-15-13-32(14-16-33)20-22-9-5-4-6-10-22/h4-12,17-18,26H,13-16,19-21H2,1-3H3. The fourth-order valence-corrected chi connectivity index (χ4v) is 5.52. The molecular weight excluding hydrogens is 494 g/mol. The molecule has 8 nitrogen and oxygen atoms in total. The number of hydrogen-bond donors (Lipinski definition) is 0. The van der Waals surface area contributed by atoms with E-state index in [1.807, 2.05) is 47.4 Å². The molecule has 0 bridgehead atoms. The van der Waals surface area contributed by atoms with Gasteiger partial charge in [0, 0.05) is 44.8 Å². The highest BCUT2D eigenvalue weighted by molar-refractivity contribution is 5.99. The van der Waals surface area contributed by atoms with E-state index in [1.165, 1.54) is 5.56 Å². The van der Waals surface area contributed by atoms with Crippen molar-refractivity contribution in [3.05, 3.63) is 89.0 Å². The van der Waals surface area contributed by atoms with Gasteiger partial charge in [-0.15, -0.1) is 0 Å². The third-order valence-corrected chi connectivity index (χ3v) is 7.64. The van der Waals surface area contributed by atoms with E-state index >= 15 is 0 Å². The lowest BCUT2D eigenvalue weighted by molar-refractivity contribution is -0.134. The molecule has 1 unspecified atom stereocenters. The van der Waals surface area contributed by atoms with Gasteiger partial charge >= 0.3 is 0 Å². The van der Waals surface area contributed by atoms with Crippen LogP contribution in [0.5, 0.6) is 17.2 Å². The zero-order valence-electron chi connectivity index (χ0n) is 22.8. The Morgan fingerprint density at radius 3 is 2.10 bits per heavy atom. The number of nitrogens with zero attached hydrogens (tertiary/aromatic N) is 3. The quantitative estimate of drug-likeness (QED) is 0.415.